The lowest BCUT2D eigenvalue weighted by Gasteiger charge is -2.28. The second-order valence-corrected chi connectivity index (χ2v) is 4.92. The van der Waals surface area contributed by atoms with Gasteiger partial charge in [-0.3, -0.25) is 4.79 Å². The number of hydrogen-bond donors (Lipinski definition) is 0. The molecule has 1 aliphatic heterocycles. The summed E-state index contributed by atoms with van der Waals surface area (Å²) in [5.41, 5.74) is 0.633. The van der Waals surface area contributed by atoms with Gasteiger partial charge in [0.05, 0.1) is 5.41 Å². The van der Waals surface area contributed by atoms with E-state index in [4.69, 9.17) is 9.47 Å². The highest BCUT2D eigenvalue weighted by atomic mass is 16.8. The molecule has 96 valence electrons. The summed E-state index contributed by atoms with van der Waals surface area (Å²) in [6, 6.07) is 0. The Morgan fingerprint density at radius 3 is 2.78 bits per heavy atom. The van der Waals surface area contributed by atoms with Gasteiger partial charge in [-0.15, -0.1) is 6.58 Å². The van der Waals surface area contributed by atoms with Crippen LogP contribution in [0.1, 0.15) is 26.7 Å². The van der Waals surface area contributed by atoms with Crippen molar-refractivity contribution in [3.63, 3.8) is 0 Å². The summed E-state index contributed by atoms with van der Waals surface area (Å²) in [5.74, 6) is 1.29. The van der Waals surface area contributed by atoms with Gasteiger partial charge in [0.1, 0.15) is 0 Å². The topological polar surface area (TPSA) is 35.5 Å². The number of ether oxygens (including phenoxy) is 2. The Kier molecular flexibility index (Phi) is 3.41. The van der Waals surface area contributed by atoms with Gasteiger partial charge in [0.25, 0.3) is 0 Å². The predicted molar refractivity (Wildman–Crippen MR) is 69.5 cm³/mol. The minimum absolute atomic E-state index is 0.0594. The van der Waals surface area contributed by atoms with Gasteiger partial charge >= 0.3 is 0 Å². The molecule has 1 unspecified atom stereocenters. The van der Waals surface area contributed by atoms with Crippen molar-refractivity contribution in [2.45, 2.75) is 26.7 Å². The second kappa shape index (κ2) is 4.84. The van der Waals surface area contributed by atoms with Gasteiger partial charge in [-0.05, 0) is 32.8 Å². The first-order valence-corrected chi connectivity index (χ1v) is 6.06. The molecule has 3 heteroatoms. The van der Waals surface area contributed by atoms with E-state index in [0.29, 0.717) is 24.4 Å². The Hall–Kier alpha value is -1.77. The Morgan fingerprint density at radius 1 is 1.39 bits per heavy atom. The highest BCUT2D eigenvalue weighted by molar-refractivity contribution is 5.99. The van der Waals surface area contributed by atoms with Gasteiger partial charge in [-0.1, -0.05) is 17.7 Å². The Labute approximate surface area is 107 Å². The third kappa shape index (κ3) is 2.26. The molecule has 1 saturated heterocycles. The minimum Gasteiger partial charge on any atom is -0.454 e. The van der Waals surface area contributed by atoms with Crippen LogP contribution in [0.5, 0.6) is 0 Å². The van der Waals surface area contributed by atoms with Crippen molar-refractivity contribution < 1.29 is 14.3 Å². The van der Waals surface area contributed by atoms with Crippen LogP contribution >= 0.6 is 0 Å². The maximum Gasteiger partial charge on any atom is 0.231 e. The largest absolute Gasteiger partial charge is 0.454 e. The zero-order valence-corrected chi connectivity index (χ0v) is 10.9. The number of carbonyl (C=O) groups excluding carboxylic acids is 1. The molecule has 0 spiro atoms. The minimum atomic E-state index is -0.564. The lowest BCUT2D eigenvalue weighted by Crippen LogP contribution is -2.30. The van der Waals surface area contributed by atoms with E-state index in [9.17, 15) is 4.79 Å². The van der Waals surface area contributed by atoms with Crippen LogP contribution in [-0.2, 0) is 14.3 Å². The fraction of sp³-hybridized carbons (Fsp3) is 0.400. The Morgan fingerprint density at radius 2 is 2.11 bits per heavy atom. The molecule has 2 rings (SSSR count). The first-order chi connectivity index (χ1) is 8.57. The van der Waals surface area contributed by atoms with Crippen molar-refractivity contribution in [3.05, 3.63) is 48.0 Å². The number of carbonyl (C=O) groups is 1. The zero-order valence-electron chi connectivity index (χ0n) is 10.9. The summed E-state index contributed by atoms with van der Waals surface area (Å²) in [4.78, 5) is 12.3. The lowest BCUT2D eigenvalue weighted by molar-refractivity contribution is -0.121. The molecule has 0 radical (unpaired) electrons. The molecular formula is C15H18O3. The maximum atomic E-state index is 12.3. The average Bonchev–Trinajstić information content (AvgIpc) is 2.74. The molecule has 1 heterocycles. The fourth-order valence-corrected chi connectivity index (χ4v) is 2.16. The molecule has 0 amide bonds. The van der Waals surface area contributed by atoms with E-state index >= 15 is 0 Å². The van der Waals surface area contributed by atoms with E-state index < -0.39 is 5.41 Å². The molecular weight excluding hydrogens is 229 g/mol. The van der Waals surface area contributed by atoms with E-state index in [0.717, 1.165) is 0 Å². The number of allylic oxidation sites excluding steroid dienone is 5. The monoisotopic (exact) mass is 247 g/mol. The lowest BCUT2D eigenvalue weighted by atomic mass is 9.74. The summed E-state index contributed by atoms with van der Waals surface area (Å²) in [6.07, 6.45) is 8.56. The Balaban J connectivity index is 2.35. The molecule has 1 atom stereocenters. The molecule has 2 aliphatic rings. The van der Waals surface area contributed by atoms with Crippen LogP contribution in [0.2, 0.25) is 0 Å². The highest BCUT2D eigenvalue weighted by Crippen LogP contribution is 2.40. The van der Waals surface area contributed by atoms with Gasteiger partial charge in [-0.2, -0.15) is 0 Å². The average molecular weight is 247 g/mol. The van der Waals surface area contributed by atoms with Crippen LogP contribution < -0.4 is 0 Å². The molecule has 1 fully saturated rings. The van der Waals surface area contributed by atoms with Crippen molar-refractivity contribution in [2.24, 2.45) is 5.41 Å². The van der Waals surface area contributed by atoms with Gasteiger partial charge in [0.15, 0.2) is 17.3 Å². The summed E-state index contributed by atoms with van der Waals surface area (Å²) >= 11 is 0. The van der Waals surface area contributed by atoms with E-state index in [1.807, 2.05) is 19.9 Å². The maximum absolute atomic E-state index is 12.3. The van der Waals surface area contributed by atoms with Crippen LogP contribution in [0, 0.1) is 5.41 Å². The molecule has 0 aromatic rings. The molecule has 3 nitrogen and oxygen atoms in total. The van der Waals surface area contributed by atoms with Crippen molar-refractivity contribution in [2.75, 3.05) is 6.79 Å². The summed E-state index contributed by atoms with van der Waals surface area (Å²) in [5, 5.41) is 0. The van der Waals surface area contributed by atoms with Crippen LogP contribution in [0.4, 0.5) is 0 Å². The smallest absolute Gasteiger partial charge is 0.231 e. The van der Waals surface area contributed by atoms with Crippen molar-refractivity contribution in [3.8, 4) is 0 Å². The van der Waals surface area contributed by atoms with Gasteiger partial charge < -0.3 is 9.47 Å². The molecule has 0 saturated carbocycles. The van der Waals surface area contributed by atoms with Crippen LogP contribution in [0.25, 0.3) is 0 Å². The number of fused-ring (bicyclic) bond motifs is 1. The molecule has 18 heavy (non-hydrogen) atoms. The standard InChI is InChI=1S/C15H18O3/c1-4-6-15(7-5-11(2)3)9-13-12(8-14(15)16)17-10-18-13/h4-5,8-9H,1,6-7,10H2,2-3H3/i10+1. The van der Waals surface area contributed by atoms with Crippen LogP contribution in [0.15, 0.2) is 48.0 Å². The quantitative estimate of drug-likeness (QED) is 0.565. The molecule has 0 aromatic heterocycles. The number of rotatable bonds is 4. The van der Waals surface area contributed by atoms with Gasteiger partial charge in [-0.25, -0.2) is 0 Å². The molecule has 0 bridgehead atoms. The number of ketones is 1. The third-order valence-corrected chi connectivity index (χ3v) is 3.22. The van der Waals surface area contributed by atoms with Gasteiger partial charge in [0.2, 0.25) is 6.79 Å². The second-order valence-electron chi connectivity index (χ2n) is 4.92. The fourth-order valence-electron chi connectivity index (χ4n) is 2.16. The SMILES string of the molecule is C=CCC1(CC=C(C)C)C=C2O[13CH2]OC2=CC1=O. The van der Waals surface area contributed by atoms with Crippen LogP contribution in [0.3, 0.4) is 0 Å². The van der Waals surface area contributed by atoms with Gasteiger partial charge in [0, 0.05) is 6.08 Å². The highest BCUT2D eigenvalue weighted by Gasteiger charge is 2.39. The molecule has 0 N–H and O–H groups in total. The Bertz CT molecular complexity index is 464. The number of hydrogen-bond acceptors (Lipinski definition) is 3. The first kappa shape index (κ1) is 12.7. The van der Waals surface area contributed by atoms with Crippen molar-refractivity contribution in [1.82, 2.24) is 0 Å². The van der Waals surface area contributed by atoms with Crippen LogP contribution in [-0.4, -0.2) is 12.6 Å². The van der Waals surface area contributed by atoms with Crippen molar-refractivity contribution >= 4 is 5.78 Å². The summed E-state index contributed by atoms with van der Waals surface area (Å²) in [6.45, 7) is 8.00. The van der Waals surface area contributed by atoms with Crippen molar-refractivity contribution in [1.29, 1.82) is 0 Å². The van der Waals surface area contributed by atoms with E-state index in [1.165, 1.54) is 5.57 Å². The normalized spacial score (nSPS) is 25.3. The van der Waals surface area contributed by atoms with E-state index in [1.54, 1.807) is 12.2 Å². The summed E-state index contributed by atoms with van der Waals surface area (Å²) in [7, 11) is 0. The zero-order chi connectivity index (χ0) is 13.2. The summed E-state index contributed by atoms with van der Waals surface area (Å²) < 4.78 is 10.6. The molecule has 1 aliphatic carbocycles. The van der Waals surface area contributed by atoms with E-state index in [2.05, 4.69) is 12.7 Å². The first-order valence-electron chi connectivity index (χ1n) is 6.06. The molecule has 0 aromatic carbocycles. The predicted octanol–water partition coefficient (Wildman–Crippen LogP) is 3.26. The van der Waals surface area contributed by atoms with E-state index in [-0.39, 0.29) is 12.6 Å². The third-order valence-electron chi connectivity index (χ3n) is 3.22.